The van der Waals surface area contributed by atoms with Crippen molar-refractivity contribution in [3.8, 4) is 0 Å². The third-order valence-corrected chi connectivity index (χ3v) is 5.02. The molecular weight excluding hydrogens is 263 g/mol. The maximum absolute atomic E-state index is 13.7. The maximum atomic E-state index is 13.7. The molecule has 2 nitrogen and oxygen atoms in total. The lowest BCUT2D eigenvalue weighted by Gasteiger charge is -2.36. The van der Waals surface area contributed by atoms with Gasteiger partial charge in [-0.3, -0.25) is 0 Å². The van der Waals surface area contributed by atoms with E-state index in [1.54, 1.807) is 12.1 Å². The van der Waals surface area contributed by atoms with Crippen LogP contribution in [0, 0.1) is 5.82 Å². The SMILES string of the molecule is Fc1ccccc1C1CC(NCCCN2CCCCC2)C1. The largest absolute Gasteiger partial charge is 0.314 e. The van der Waals surface area contributed by atoms with E-state index in [1.165, 1.54) is 45.3 Å². The Morgan fingerprint density at radius 2 is 1.86 bits per heavy atom. The number of likely N-dealkylation sites (tertiary alicyclic amines) is 1. The molecule has 1 heterocycles. The van der Waals surface area contributed by atoms with Crippen LogP contribution in [0.5, 0.6) is 0 Å². The molecule has 1 N–H and O–H groups in total. The zero-order chi connectivity index (χ0) is 14.5. The quantitative estimate of drug-likeness (QED) is 0.806. The van der Waals surface area contributed by atoms with Gasteiger partial charge in [0, 0.05) is 6.04 Å². The Morgan fingerprint density at radius 3 is 2.62 bits per heavy atom. The highest BCUT2D eigenvalue weighted by molar-refractivity contribution is 5.24. The molecule has 3 rings (SSSR count). The van der Waals surface area contributed by atoms with Crippen LogP contribution in [0.15, 0.2) is 24.3 Å². The van der Waals surface area contributed by atoms with Crippen molar-refractivity contribution in [1.82, 2.24) is 10.2 Å². The first-order valence-electron chi connectivity index (χ1n) is 8.53. The van der Waals surface area contributed by atoms with Crippen molar-refractivity contribution in [3.63, 3.8) is 0 Å². The molecule has 1 aromatic rings. The molecule has 116 valence electrons. The highest BCUT2D eigenvalue weighted by atomic mass is 19.1. The first-order valence-corrected chi connectivity index (χ1v) is 8.53. The van der Waals surface area contributed by atoms with Crippen LogP contribution >= 0.6 is 0 Å². The molecule has 1 saturated heterocycles. The summed E-state index contributed by atoms with van der Waals surface area (Å²) in [5.41, 5.74) is 0.906. The number of rotatable bonds is 6. The predicted octanol–water partition coefficient (Wildman–Crippen LogP) is 3.54. The standard InChI is InChI=1S/C18H27FN2/c19-18-8-3-2-7-17(18)15-13-16(14-15)20-9-6-12-21-10-4-1-5-11-21/h2-3,7-8,15-16,20H,1,4-6,9-14H2. The first-order chi connectivity index (χ1) is 10.3. The van der Waals surface area contributed by atoms with E-state index < -0.39 is 0 Å². The summed E-state index contributed by atoms with van der Waals surface area (Å²) in [5, 5.41) is 3.63. The molecule has 1 aromatic carbocycles. The van der Waals surface area contributed by atoms with Crippen LogP contribution in [0.4, 0.5) is 4.39 Å². The molecule has 2 fully saturated rings. The van der Waals surface area contributed by atoms with Crippen molar-refractivity contribution in [3.05, 3.63) is 35.6 Å². The third kappa shape index (κ3) is 4.04. The fourth-order valence-corrected chi connectivity index (χ4v) is 3.64. The summed E-state index contributed by atoms with van der Waals surface area (Å²) in [6.45, 7) is 4.92. The molecule has 0 atom stereocenters. The van der Waals surface area contributed by atoms with Gasteiger partial charge in [0.2, 0.25) is 0 Å². The van der Waals surface area contributed by atoms with E-state index in [0.717, 1.165) is 24.9 Å². The van der Waals surface area contributed by atoms with Gasteiger partial charge in [-0.05, 0) is 75.8 Å². The number of hydrogen-bond acceptors (Lipinski definition) is 2. The van der Waals surface area contributed by atoms with Gasteiger partial charge in [0.05, 0.1) is 0 Å². The molecule has 3 heteroatoms. The summed E-state index contributed by atoms with van der Waals surface area (Å²) in [6.07, 6.45) is 7.57. The Balaban J connectivity index is 1.30. The van der Waals surface area contributed by atoms with E-state index in [9.17, 15) is 4.39 Å². The van der Waals surface area contributed by atoms with Gasteiger partial charge >= 0.3 is 0 Å². The van der Waals surface area contributed by atoms with Crippen molar-refractivity contribution in [1.29, 1.82) is 0 Å². The van der Waals surface area contributed by atoms with E-state index in [4.69, 9.17) is 0 Å². The summed E-state index contributed by atoms with van der Waals surface area (Å²) in [7, 11) is 0. The Bertz CT molecular complexity index is 437. The summed E-state index contributed by atoms with van der Waals surface area (Å²) in [5.74, 6) is 0.386. The zero-order valence-corrected chi connectivity index (χ0v) is 12.9. The van der Waals surface area contributed by atoms with E-state index in [-0.39, 0.29) is 5.82 Å². The third-order valence-electron chi connectivity index (χ3n) is 5.02. The van der Waals surface area contributed by atoms with E-state index in [0.29, 0.717) is 12.0 Å². The highest BCUT2D eigenvalue weighted by Crippen LogP contribution is 2.37. The van der Waals surface area contributed by atoms with E-state index >= 15 is 0 Å². The molecule has 1 aliphatic carbocycles. The number of nitrogens with one attached hydrogen (secondary N) is 1. The van der Waals surface area contributed by atoms with Gasteiger partial charge in [0.1, 0.15) is 5.82 Å². The normalized spacial score (nSPS) is 26.5. The lowest BCUT2D eigenvalue weighted by atomic mass is 9.75. The van der Waals surface area contributed by atoms with Gasteiger partial charge in [-0.15, -0.1) is 0 Å². The van der Waals surface area contributed by atoms with Crippen LogP contribution < -0.4 is 5.32 Å². The maximum Gasteiger partial charge on any atom is 0.126 e. The molecule has 0 radical (unpaired) electrons. The molecule has 1 aliphatic heterocycles. The molecule has 0 amide bonds. The van der Waals surface area contributed by atoms with Crippen LogP contribution in [-0.2, 0) is 0 Å². The van der Waals surface area contributed by atoms with E-state index in [2.05, 4.69) is 10.2 Å². The van der Waals surface area contributed by atoms with Crippen LogP contribution in [0.2, 0.25) is 0 Å². The van der Waals surface area contributed by atoms with Crippen molar-refractivity contribution in [2.24, 2.45) is 0 Å². The Hall–Kier alpha value is -0.930. The monoisotopic (exact) mass is 290 g/mol. The molecule has 21 heavy (non-hydrogen) atoms. The predicted molar refractivity (Wildman–Crippen MR) is 85.1 cm³/mol. The number of hydrogen-bond donors (Lipinski definition) is 1. The number of piperidine rings is 1. The first kappa shape index (κ1) is 15.0. The molecule has 1 saturated carbocycles. The zero-order valence-electron chi connectivity index (χ0n) is 12.9. The number of nitrogens with zero attached hydrogens (tertiary/aromatic N) is 1. The second-order valence-corrected chi connectivity index (χ2v) is 6.60. The average molecular weight is 290 g/mol. The minimum absolute atomic E-state index is 0.0361. The second-order valence-electron chi connectivity index (χ2n) is 6.60. The van der Waals surface area contributed by atoms with Gasteiger partial charge in [-0.2, -0.15) is 0 Å². The molecule has 0 unspecified atom stereocenters. The van der Waals surface area contributed by atoms with Crippen molar-refractivity contribution in [2.45, 2.75) is 50.5 Å². The van der Waals surface area contributed by atoms with Gasteiger partial charge in [0.25, 0.3) is 0 Å². The van der Waals surface area contributed by atoms with Gasteiger partial charge in [0.15, 0.2) is 0 Å². The Morgan fingerprint density at radius 1 is 1.10 bits per heavy atom. The molecule has 0 spiro atoms. The van der Waals surface area contributed by atoms with Crippen LogP contribution in [0.1, 0.15) is 50.0 Å². The smallest absolute Gasteiger partial charge is 0.126 e. The minimum Gasteiger partial charge on any atom is -0.314 e. The summed E-state index contributed by atoms with van der Waals surface area (Å²) < 4.78 is 13.7. The van der Waals surface area contributed by atoms with E-state index in [1.807, 2.05) is 12.1 Å². The number of halogens is 1. The summed E-state index contributed by atoms with van der Waals surface area (Å²) in [4.78, 5) is 2.59. The Labute approximate surface area is 127 Å². The van der Waals surface area contributed by atoms with Crippen molar-refractivity contribution in [2.75, 3.05) is 26.2 Å². The molecule has 2 aliphatic rings. The topological polar surface area (TPSA) is 15.3 Å². The van der Waals surface area contributed by atoms with Crippen LogP contribution in [0.3, 0.4) is 0 Å². The van der Waals surface area contributed by atoms with Gasteiger partial charge in [-0.25, -0.2) is 4.39 Å². The minimum atomic E-state index is -0.0361. The molecule has 0 bridgehead atoms. The fraction of sp³-hybridized carbons (Fsp3) is 0.667. The lowest BCUT2D eigenvalue weighted by Crippen LogP contribution is -2.41. The van der Waals surface area contributed by atoms with Gasteiger partial charge in [-0.1, -0.05) is 24.6 Å². The van der Waals surface area contributed by atoms with Gasteiger partial charge < -0.3 is 10.2 Å². The number of benzene rings is 1. The molecule has 0 aromatic heterocycles. The summed E-state index contributed by atoms with van der Waals surface area (Å²) >= 11 is 0. The highest BCUT2D eigenvalue weighted by Gasteiger charge is 2.31. The molecular formula is C18H27FN2. The van der Waals surface area contributed by atoms with Crippen molar-refractivity contribution < 1.29 is 4.39 Å². The second kappa shape index (κ2) is 7.37. The van der Waals surface area contributed by atoms with Crippen molar-refractivity contribution >= 4 is 0 Å². The average Bonchev–Trinajstić information content (AvgIpc) is 2.47. The van der Waals surface area contributed by atoms with Crippen LogP contribution in [-0.4, -0.2) is 37.1 Å². The lowest BCUT2D eigenvalue weighted by molar-refractivity contribution is 0.219. The summed E-state index contributed by atoms with van der Waals surface area (Å²) in [6, 6.07) is 7.82. The Kier molecular flexibility index (Phi) is 5.26. The van der Waals surface area contributed by atoms with Crippen LogP contribution in [0.25, 0.3) is 0 Å². The fourth-order valence-electron chi connectivity index (χ4n) is 3.64.